The molecule has 2 aromatic rings. The molecule has 0 heterocycles. The molecule has 20 heavy (non-hydrogen) atoms. The van der Waals surface area contributed by atoms with Crippen LogP contribution in [0.15, 0.2) is 34.8 Å². The number of rotatable bonds is 3. The number of nitrogens with two attached hydrogens (primary N) is 1. The SMILES string of the molecule is Cc1cc(Oc2cc(Cl)c(Br)cc2Cl)ccc1C(=N)N. The molecule has 0 atom stereocenters. The average molecular weight is 374 g/mol. The van der Waals surface area contributed by atoms with Crippen molar-refractivity contribution in [2.75, 3.05) is 0 Å². The number of hydrogen-bond acceptors (Lipinski definition) is 2. The fourth-order valence-corrected chi connectivity index (χ4v) is 2.54. The van der Waals surface area contributed by atoms with Crippen molar-refractivity contribution in [3.63, 3.8) is 0 Å². The molecule has 0 aliphatic rings. The van der Waals surface area contributed by atoms with Crippen LogP contribution in [0.5, 0.6) is 11.5 Å². The van der Waals surface area contributed by atoms with Crippen molar-refractivity contribution in [3.05, 3.63) is 56.0 Å². The Hall–Kier alpha value is -1.23. The summed E-state index contributed by atoms with van der Waals surface area (Å²) in [5, 5.41) is 8.42. The standard InChI is InChI=1S/C14H11BrCl2N2O/c1-7-4-8(2-3-9(7)14(18)19)20-13-6-11(16)10(15)5-12(13)17/h2-6H,1H3,(H3,18,19). The van der Waals surface area contributed by atoms with E-state index in [1.54, 1.807) is 30.3 Å². The first kappa shape index (κ1) is 15.2. The average Bonchev–Trinajstić information content (AvgIpc) is 2.35. The maximum Gasteiger partial charge on any atom is 0.147 e. The highest BCUT2D eigenvalue weighted by Crippen LogP contribution is 2.36. The van der Waals surface area contributed by atoms with Gasteiger partial charge in [-0.05, 0) is 52.7 Å². The Balaban J connectivity index is 2.33. The predicted molar refractivity (Wildman–Crippen MR) is 86.4 cm³/mol. The molecule has 0 bridgehead atoms. The smallest absolute Gasteiger partial charge is 0.147 e. The summed E-state index contributed by atoms with van der Waals surface area (Å²) in [7, 11) is 0. The Kier molecular flexibility index (Phi) is 4.58. The first-order chi connectivity index (χ1) is 9.38. The van der Waals surface area contributed by atoms with E-state index in [4.69, 9.17) is 39.1 Å². The lowest BCUT2D eigenvalue weighted by Crippen LogP contribution is -2.12. The van der Waals surface area contributed by atoms with Gasteiger partial charge in [0.05, 0.1) is 10.0 Å². The monoisotopic (exact) mass is 372 g/mol. The van der Waals surface area contributed by atoms with Crippen molar-refractivity contribution in [3.8, 4) is 11.5 Å². The van der Waals surface area contributed by atoms with Crippen LogP contribution < -0.4 is 10.5 Å². The van der Waals surface area contributed by atoms with E-state index in [0.29, 0.717) is 31.6 Å². The molecule has 0 unspecified atom stereocenters. The Bertz CT molecular complexity index is 689. The van der Waals surface area contributed by atoms with Crippen molar-refractivity contribution in [1.29, 1.82) is 5.41 Å². The minimum atomic E-state index is 0.0266. The third-order valence-corrected chi connectivity index (χ3v) is 4.18. The summed E-state index contributed by atoms with van der Waals surface area (Å²) < 4.78 is 6.42. The number of nitrogens with one attached hydrogen (secondary N) is 1. The lowest BCUT2D eigenvalue weighted by molar-refractivity contribution is 0.482. The van der Waals surface area contributed by atoms with Crippen LogP contribution in [-0.4, -0.2) is 5.84 Å². The molecule has 0 saturated heterocycles. The molecular formula is C14H11BrCl2N2O. The molecule has 104 valence electrons. The number of amidine groups is 1. The molecule has 6 heteroatoms. The van der Waals surface area contributed by atoms with Gasteiger partial charge in [0.25, 0.3) is 0 Å². The maximum absolute atomic E-state index is 7.45. The van der Waals surface area contributed by atoms with E-state index in [9.17, 15) is 0 Å². The van der Waals surface area contributed by atoms with Gasteiger partial charge in [0, 0.05) is 16.1 Å². The molecule has 0 aromatic heterocycles. The largest absolute Gasteiger partial charge is 0.456 e. The van der Waals surface area contributed by atoms with Crippen molar-refractivity contribution in [2.24, 2.45) is 5.73 Å². The number of nitrogen functional groups attached to an aromatic ring is 1. The Labute approximate surface area is 135 Å². The molecule has 0 spiro atoms. The van der Waals surface area contributed by atoms with Crippen molar-refractivity contribution in [2.45, 2.75) is 6.92 Å². The van der Waals surface area contributed by atoms with E-state index in [2.05, 4.69) is 15.9 Å². The molecule has 0 radical (unpaired) electrons. The zero-order chi connectivity index (χ0) is 14.9. The van der Waals surface area contributed by atoms with E-state index >= 15 is 0 Å². The number of hydrogen-bond donors (Lipinski definition) is 2. The van der Waals surface area contributed by atoms with Gasteiger partial charge >= 0.3 is 0 Å². The zero-order valence-corrected chi connectivity index (χ0v) is 13.6. The molecule has 0 fully saturated rings. The molecule has 0 aliphatic carbocycles. The minimum Gasteiger partial charge on any atom is -0.456 e. The van der Waals surface area contributed by atoms with Crippen LogP contribution in [0.2, 0.25) is 10.0 Å². The summed E-state index contributed by atoms with van der Waals surface area (Å²) in [5.41, 5.74) is 7.01. The predicted octanol–water partition coefficient (Wildman–Crippen LogP) is 5.14. The van der Waals surface area contributed by atoms with Crippen LogP contribution in [0.3, 0.4) is 0 Å². The van der Waals surface area contributed by atoms with Gasteiger partial charge in [-0.3, -0.25) is 5.41 Å². The fourth-order valence-electron chi connectivity index (χ4n) is 1.71. The van der Waals surface area contributed by atoms with E-state index in [1.807, 2.05) is 6.92 Å². The number of halogens is 3. The number of benzene rings is 2. The second-order valence-corrected chi connectivity index (χ2v) is 5.86. The van der Waals surface area contributed by atoms with Gasteiger partial charge in [0.15, 0.2) is 0 Å². The van der Waals surface area contributed by atoms with Gasteiger partial charge in [-0.25, -0.2) is 0 Å². The molecule has 0 aliphatic heterocycles. The quantitative estimate of drug-likeness (QED) is 0.444. The van der Waals surface area contributed by atoms with E-state index in [-0.39, 0.29) is 5.84 Å². The maximum atomic E-state index is 7.45. The fraction of sp³-hybridized carbons (Fsp3) is 0.0714. The summed E-state index contributed by atoms with van der Waals surface area (Å²) in [6.45, 7) is 1.86. The van der Waals surface area contributed by atoms with Gasteiger partial charge < -0.3 is 10.5 Å². The first-order valence-corrected chi connectivity index (χ1v) is 7.21. The number of ether oxygens (including phenoxy) is 1. The summed E-state index contributed by atoms with van der Waals surface area (Å²) in [4.78, 5) is 0. The third-order valence-electron chi connectivity index (χ3n) is 2.69. The lowest BCUT2D eigenvalue weighted by atomic mass is 10.1. The van der Waals surface area contributed by atoms with Crippen LogP contribution in [0.4, 0.5) is 0 Å². The second-order valence-electron chi connectivity index (χ2n) is 4.19. The van der Waals surface area contributed by atoms with Crippen LogP contribution in [-0.2, 0) is 0 Å². The third kappa shape index (κ3) is 3.26. The van der Waals surface area contributed by atoms with Crippen molar-refractivity contribution < 1.29 is 4.74 Å². The summed E-state index contributed by atoms with van der Waals surface area (Å²) in [5.74, 6) is 1.10. The van der Waals surface area contributed by atoms with Gasteiger partial charge in [0.1, 0.15) is 17.3 Å². The van der Waals surface area contributed by atoms with E-state index in [1.165, 1.54) is 0 Å². The summed E-state index contributed by atoms with van der Waals surface area (Å²) in [6.07, 6.45) is 0. The topological polar surface area (TPSA) is 59.1 Å². The van der Waals surface area contributed by atoms with Gasteiger partial charge in [-0.1, -0.05) is 23.2 Å². The Morgan fingerprint density at radius 3 is 2.50 bits per heavy atom. The highest BCUT2D eigenvalue weighted by molar-refractivity contribution is 9.10. The first-order valence-electron chi connectivity index (χ1n) is 5.66. The molecule has 3 N–H and O–H groups in total. The molecular weight excluding hydrogens is 363 g/mol. The normalized spacial score (nSPS) is 10.4. The van der Waals surface area contributed by atoms with Crippen molar-refractivity contribution >= 4 is 45.0 Å². The van der Waals surface area contributed by atoms with Crippen molar-refractivity contribution in [1.82, 2.24) is 0 Å². The van der Waals surface area contributed by atoms with Crippen LogP contribution >= 0.6 is 39.1 Å². The lowest BCUT2D eigenvalue weighted by Gasteiger charge is -2.11. The van der Waals surface area contributed by atoms with E-state index in [0.717, 1.165) is 5.56 Å². The highest BCUT2D eigenvalue weighted by atomic mass is 79.9. The van der Waals surface area contributed by atoms with Crippen LogP contribution in [0.1, 0.15) is 11.1 Å². The molecule has 0 amide bonds. The Morgan fingerprint density at radius 1 is 1.20 bits per heavy atom. The molecule has 2 rings (SSSR count). The highest BCUT2D eigenvalue weighted by Gasteiger charge is 2.09. The summed E-state index contributed by atoms with van der Waals surface area (Å²) in [6, 6.07) is 8.58. The van der Waals surface area contributed by atoms with E-state index < -0.39 is 0 Å². The van der Waals surface area contributed by atoms with Gasteiger partial charge in [0.2, 0.25) is 0 Å². The minimum absolute atomic E-state index is 0.0266. The Morgan fingerprint density at radius 2 is 1.90 bits per heavy atom. The zero-order valence-electron chi connectivity index (χ0n) is 10.5. The molecule has 3 nitrogen and oxygen atoms in total. The second kappa shape index (κ2) is 6.04. The summed E-state index contributed by atoms with van der Waals surface area (Å²) >= 11 is 15.4. The van der Waals surface area contributed by atoms with Crippen LogP contribution in [0, 0.1) is 12.3 Å². The van der Waals surface area contributed by atoms with Crippen LogP contribution in [0.25, 0.3) is 0 Å². The van der Waals surface area contributed by atoms with Gasteiger partial charge in [-0.2, -0.15) is 0 Å². The van der Waals surface area contributed by atoms with Gasteiger partial charge in [-0.15, -0.1) is 0 Å². The molecule has 0 saturated carbocycles. The number of aryl methyl sites for hydroxylation is 1. The molecule has 2 aromatic carbocycles.